The van der Waals surface area contributed by atoms with Crippen LogP contribution >= 0.6 is 0 Å². The largest absolute Gasteiger partial charge is 0.330 e. The van der Waals surface area contributed by atoms with E-state index >= 15 is 0 Å². The number of nitrogens with two attached hydrogens (primary N) is 1. The highest BCUT2D eigenvalue weighted by Crippen LogP contribution is 2.28. The van der Waals surface area contributed by atoms with Gasteiger partial charge in [-0.05, 0) is 45.1 Å². The second-order valence-electron chi connectivity index (χ2n) is 3.56. The Kier molecular flexibility index (Phi) is 3.06. The maximum Gasteiger partial charge on any atom is 0.132 e. The molecular weight excluding hydrogens is 138 g/mol. The monoisotopic (exact) mass is 155 g/mol. The van der Waals surface area contributed by atoms with Crippen LogP contribution in [-0.4, -0.2) is 12.3 Å². The van der Waals surface area contributed by atoms with E-state index in [4.69, 9.17) is 5.73 Å². The molecule has 0 aromatic rings. The van der Waals surface area contributed by atoms with Gasteiger partial charge in [0.25, 0.3) is 0 Å². The molecule has 2 heteroatoms. The van der Waals surface area contributed by atoms with E-state index < -0.39 is 0 Å². The van der Waals surface area contributed by atoms with E-state index in [9.17, 15) is 4.79 Å². The zero-order valence-electron chi connectivity index (χ0n) is 7.18. The number of Topliss-reactive ketones (excluding diaryl/α,β-unsaturated/α-hetero) is 1. The van der Waals surface area contributed by atoms with Gasteiger partial charge in [-0.2, -0.15) is 0 Å². The minimum Gasteiger partial charge on any atom is -0.330 e. The number of hydrogen-bond donors (Lipinski definition) is 1. The molecule has 0 spiro atoms. The van der Waals surface area contributed by atoms with Crippen LogP contribution in [0.25, 0.3) is 0 Å². The molecule has 1 fully saturated rings. The molecule has 0 atom stereocenters. The average molecular weight is 155 g/mol. The molecule has 2 N–H and O–H groups in total. The van der Waals surface area contributed by atoms with Crippen LogP contribution in [0.1, 0.15) is 32.6 Å². The lowest BCUT2D eigenvalue weighted by Gasteiger charge is -2.25. The Morgan fingerprint density at radius 2 is 1.91 bits per heavy atom. The van der Waals surface area contributed by atoms with Crippen LogP contribution in [0.15, 0.2) is 0 Å². The molecule has 1 rings (SSSR count). The number of carbonyl (C=O) groups is 1. The Balaban J connectivity index is 2.30. The summed E-state index contributed by atoms with van der Waals surface area (Å²) < 4.78 is 0. The Morgan fingerprint density at radius 1 is 1.36 bits per heavy atom. The highest BCUT2D eigenvalue weighted by atomic mass is 16.1. The van der Waals surface area contributed by atoms with Crippen molar-refractivity contribution in [3.63, 3.8) is 0 Å². The van der Waals surface area contributed by atoms with Crippen LogP contribution in [0.5, 0.6) is 0 Å². The molecule has 0 aromatic carbocycles. The second-order valence-corrected chi connectivity index (χ2v) is 3.56. The minimum absolute atomic E-state index is 0.345. The molecule has 0 aliphatic heterocycles. The quantitative estimate of drug-likeness (QED) is 0.654. The molecule has 0 amide bonds. The van der Waals surface area contributed by atoms with Gasteiger partial charge in [-0.3, -0.25) is 4.79 Å². The Hall–Kier alpha value is -0.370. The topological polar surface area (TPSA) is 43.1 Å². The summed E-state index contributed by atoms with van der Waals surface area (Å²) in [5.41, 5.74) is 5.54. The molecule has 64 valence electrons. The third kappa shape index (κ3) is 2.29. The van der Waals surface area contributed by atoms with Crippen molar-refractivity contribution in [2.24, 2.45) is 17.6 Å². The van der Waals surface area contributed by atoms with Crippen LogP contribution < -0.4 is 5.73 Å². The fraction of sp³-hybridized carbons (Fsp3) is 0.889. The van der Waals surface area contributed by atoms with E-state index in [0.29, 0.717) is 17.6 Å². The van der Waals surface area contributed by atoms with Crippen molar-refractivity contribution in [1.29, 1.82) is 0 Å². The third-order valence-electron chi connectivity index (χ3n) is 2.76. The minimum atomic E-state index is 0.345. The summed E-state index contributed by atoms with van der Waals surface area (Å²) in [5.74, 6) is 1.39. The highest BCUT2D eigenvalue weighted by Gasteiger charge is 2.22. The molecular formula is C9H17NO. The summed E-state index contributed by atoms with van der Waals surface area (Å²) in [5, 5.41) is 0. The smallest absolute Gasteiger partial charge is 0.132 e. The summed E-state index contributed by atoms with van der Waals surface area (Å²) in [7, 11) is 0. The Bertz CT molecular complexity index is 136. The lowest BCUT2D eigenvalue weighted by atomic mass is 9.80. The Labute approximate surface area is 68.2 Å². The van der Waals surface area contributed by atoms with E-state index in [1.165, 1.54) is 0 Å². The van der Waals surface area contributed by atoms with Crippen molar-refractivity contribution in [3.05, 3.63) is 0 Å². The Morgan fingerprint density at radius 3 is 2.27 bits per heavy atom. The van der Waals surface area contributed by atoms with Gasteiger partial charge in [-0.1, -0.05) is 0 Å². The normalized spacial score (nSPS) is 31.8. The first-order valence-corrected chi connectivity index (χ1v) is 4.44. The summed E-state index contributed by atoms with van der Waals surface area (Å²) in [6.07, 6.45) is 4.44. The summed E-state index contributed by atoms with van der Waals surface area (Å²) in [6, 6.07) is 0. The predicted molar refractivity (Wildman–Crippen MR) is 45.2 cm³/mol. The lowest BCUT2D eigenvalue weighted by molar-refractivity contribution is -0.121. The summed E-state index contributed by atoms with van der Waals surface area (Å²) >= 11 is 0. The van der Waals surface area contributed by atoms with Crippen molar-refractivity contribution in [2.45, 2.75) is 32.6 Å². The molecule has 1 saturated carbocycles. The van der Waals surface area contributed by atoms with Gasteiger partial charge in [-0.25, -0.2) is 0 Å². The van der Waals surface area contributed by atoms with E-state index in [2.05, 4.69) is 0 Å². The van der Waals surface area contributed by atoms with Crippen LogP contribution in [0, 0.1) is 11.8 Å². The van der Waals surface area contributed by atoms with Crippen molar-refractivity contribution in [1.82, 2.24) is 0 Å². The molecule has 0 heterocycles. The molecule has 1 aliphatic rings. The number of carbonyl (C=O) groups excluding carboxylic acids is 1. The third-order valence-corrected chi connectivity index (χ3v) is 2.76. The summed E-state index contributed by atoms with van der Waals surface area (Å²) in [6.45, 7) is 2.50. The number of hydrogen-bond acceptors (Lipinski definition) is 2. The first-order chi connectivity index (χ1) is 5.24. The molecule has 0 bridgehead atoms. The second kappa shape index (κ2) is 3.86. The predicted octanol–water partition coefficient (Wildman–Crippen LogP) is 1.34. The van der Waals surface area contributed by atoms with E-state index in [1.807, 2.05) is 0 Å². The average Bonchev–Trinajstić information content (AvgIpc) is 2.05. The molecule has 0 unspecified atom stereocenters. The van der Waals surface area contributed by atoms with Gasteiger partial charge in [-0.15, -0.1) is 0 Å². The van der Waals surface area contributed by atoms with Crippen molar-refractivity contribution in [3.8, 4) is 0 Å². The molecule has 0 aromatic heterocycles. The van der Waals surface area contributed by atoms with Crippen molar-refractivity contribution >= 4 is 5.78 Å². The SMILES string of the molecule is CC(=O)[C@H]1CC[C@H](CN)CC1. The van der Waals surface area contributed by atoms with E-state index in [1.54, 1.807) is 6.92 Å². The lowest BCUT2D eigenvalue weighted by Crippen LogP contribution is -2.24. The van der Waals surface area contributed by atoms with Crippen molar-refractivity contribution in [2.75, 3.05) is 6.54 Å². The standard InChI is InChI=1S/C9H17NO/c1-7(11)9-4-2-8(6-10)3-5-9/h8-9H,2-6,10H2,1H3/t8-,9-. The van der Waals surface area contributed by atoms with Gasteiger partial charge in [0.05, 0.1) is 0 Å². The summed E-state index contributed by atoms with van der Waals surface area (Å²) in [4.78, 5) is 11.0. The van der Waals surface area contributed by atoms with Gasteiger partial charge in [0.1, 0.15) is 5.78 Å². The van der Waals surface area contributed by atoms with Gasteiger partial charge in [0.15, 0.2) is 0 Å². The van der Waals surface area contributed by atoms with Crippen LogP contribution in [0.2, 0.25) is 0 Å². The first-order valence-electron chi connectivity index (χ1n) is 4.44. The zero-order valence-corrected chi connectivity index (χ0v) is 7.18. The number of rotatable bonds is 2. The highest BCUT2D eigenvalue weighted by molar-refractivity contribution is 5.78. The molecule has 0 saturated heterocycles. The van der Waals surface area contributed by atoms with E-state index in [-0.39, 0.29) is 0 Å². The van der Waals surface area contributed by atoms with E-state index in [0.717, 1.165) is 32.2 Å². The van der Waals surface area contributed by atoms with Gasteiger partial charge < -0.3 is 5.73 Å². The molecule has 0 radical (unpaired) electrons. The van der Waals surface area contributed by atoms with Crippen LogP contribution in [-0.2, 0) is 4.79 Å². The molecule has 2 nitrogen and oxygen atoms in total. The molecule has 1 aliphatic carbocycles. The van der Waals surface area contributed by atoms with Crippen LogP contribution in [0.3, 0.4) is 0 Å². The van der Waals surface area contributed by atoms with Gasteiger partial charge in [0.2, 0.25) is 0 Å². The fourth-order valence-corrected chi connectivity index (χ4v) is 1.80. The van der Waals surface area contributed by atoms with Gasteiger partial charge >= 0.3 is 0 Å². The molecule has 11 heavy (non-hydrogen) atoms. The van der Waals surface area contributed by atoms with Crippen LogP contribution in [0.4, 0.5) is 0 Å². The van der Waals surface area contributed by atoms with Gasteiger partial charge in [0, 0.05) is 5.92 Å². The zero-order chi connectivity index (χ0) is 8.27. The number of ketones is 1. The van der Waals surface area contributed by atoms with Crippen molar-refractivity contribution < 1.29 is 4.79 Å². The fourth-order valence-electron chi connectivity index (χ4n) is 1.80. The maximum atomic E-state index is 11.0. The first kappa shape index (κ1) is 8.72. The maximum absolute atomic E-state index is 11.0.